The Labute approximate surface area is 200 Å². The maximum atomic E-state index is 12.8. The van der Waals surface area contributed by atoms with E-state index in [-0.39, 0.29) is 18.6 Å². The number of carbonyl (C=O) groups excluding carboxylic acids is 1. The number of β-amino-alcohol motifs (C(OH)–C–C–N with tert-alkyl or cyclic N) is 1. The minimum absolute atomic E-state index is 0.152. The van der Waals surface area contributed by atoms with E-state index in [2.05, 4.69) is 38.0 Å². The average Bonchev–Trinajstić information content (AvgIpc) is 2.81. The molecule has 1 saturated carbocycles. The minimum Gasteiger partial charge on any atom is -0.461 e. The molecule has 1 aromatic carbocycles. The molecule has 0 bridgehead atoms. The van der Waals surface area contributed by atoms with Crippen molar-refractivity contribution in [1.82, 2.24) is 15.1 Å². The first kappa shape index (κ1) is 25.4. The molecule has 0 amide bonds. The zero-order chi connectivity index (χ0) is 22.9. The topological polar surface area (TPSA) is 91.1 Å². The summed E-state index contributed by atoms with van der Waals surface area (Å²) in [5, 5.41) is 12.7. The highest BCUT2D eigenvalue weighted by Crippen LogP contribution is 2.39. The molecule has 1 unspecified atom stereocenters. The fraction of sp³-hybridized carbons (Fsp3) is 0.708. The van der Waals surface area contributed by atoms with Crippen LogP contribution in [0.2, 0.25) is 0 Å². The number of esters is 1. The van der Waals surface area contributed by atoms with Crippen molar-refractivity contribution < 1.29 is 14.6 Å². The maximum Gasteiger partial charge on any atom is 0.338 e. The van der Waals surface area contributed by atoms with E-state index in [0.29, 0.717) is 23.8 Å². The van der Waals surface area contributed by atoms with Crippen LogP contribution in [0.5, 0.6) is 0 Å². The van der Waals surface area contributed by atoms with Gasteiger partial charge in [0.05, 0.1) is 17.9 Å². The van der Waals surface area contributed by atoms with Gasteiger partial charge in [-0.25, -0.2) is 4.79 Å². The number of rotatable bonds is 10. The SMILES string of the molecule is CCNC(c1cc(C(=O)OCCN2CCN(CCO)CC2)cc(Br)c1N)C1CCCCC1. The Kier molecular flexibility index (Phi) is 10.2. The lowest BCUT2D eigenvalue weighted by Gasteiger charge is -2.34. The van der Waals surface area contributed by atoms with Gasteiger partial charge in [0.2, 0.25) is 0 Å². The number of piperazine rings is 1. The summed E-state index contributed by atoms with van der Waals surface area (Å²) in [7, 11) is 0. The van der Waals surface area contributed by atoms with Crippen molar-refractivity contribution in [3.63, 3.8) is 0 Å². The van der Waals surface area contributed by atoms with Gasteiger partial charge >= 0.3 is 5.97 Å². The molecule has 1 aliphatic carbocycles. The van der Waals surface area contributed by atoms with E-state index in [1.165, 1.54) is 32.1 Å². The van der Waals surface area contributed by atoms with Crippen LogP contribution < -0.4 is 11.1 Å². The fourth-order valence-corrected chi connectivity index (χ4v) is 5.44. The van der Waals surface area contributed by atoms with Crippen LogP contribution in [0.1, 0.15) is 61.0 Å². The van der Waals surface area contributed by atoms with Crippen molar-refractivity contribution in [3.8, 4) is 0 Å². The number of benzene rings is 1. The lowest BCUT2D eigenvalue weighted by Crippen LogP contribution is -2.48. The number of nitrogen functional groups attached to an aromatic ring is 1. The van der Waals surface area contributed by atoms with Gasteiger partial charge in [-0.05, 0) is 58.9 Å². The van der Waals surface area contributed by atoms with Crippen molar-refractivity contribution in [3.05, 3.63) is 27.7 Å². The van der Waals surface area contributed by atoms with Gasteiger partial charge in [-0.15, -0.1) is 0 Å². The van der Waals surface area contributed by atoms with E-state index in [1.54, 1.807) is 6.07 Å². The molecule has 0 radical (unpaired) electrons. The van der Waals surface area contributed by atoms with Gasteiger partial charge in [0, 0.05) is 49.8 Å². The van der Waals surface area contributed by atoms with Crippen molar-refractivity contribution in [2.75, 3.05) is 64.8 Å². The van der Waals surface area contributed by atoms with Crippen LogP contribution in [-0.2, 0) is 4.74 Å². The van der Waals surface area contributed by atoms with Crippen LogP contribution in [0.3, 0.4) is 0 Å². The summed E-state index contributed by atoms with van der Waals surface area (Å²) in [5.41, 5.74) is 8.71. The molecule has 32 heavy (non-hydrogen) atoms. The molecule has 1 aliphatic heterocycles. The molecule has 0 aromatic heterocycles. The van der Waals surface area contributed by atoms with Crippen LogP contribution in [0.4, 0.5) is 5.69 Å². The lowest BCUT2D eigenvalue weighted by atomic mass is 9.80. The summed E-state index contributed by atoms with van der Waals surface area (Å²) in [6.07, 6.45) is 6.19. The average molecular weight is 512 g/mol. The normalized spacial score (nSPS) is 19.7. The summed E-state index contributed by atoms with van der Waals surface area (Å²) in [5.74, 6) is 0.235. The number of nitrogens with zero attached hydrogens (tertiary/aromatic N) is 2. The third-order valence-corrected chi connectivity index (χ3v) is 7.46. The van der Waals surface area contributed by atoms with Crippen LogP contribution in [0.25, 0.3) is 0 Å². The minimum atomic E-state index is -0.301. The highest BCUT2D eigenvalue weighted by Gasteiger charge is 2.28. The molecule has 2 aliphatic rings. The lowest BCUT2D eigenvalue weighted by molar-refractivity contribution is 0.0414. The first-order valence-corrected chi connectivity index (χ1v) is 12.9. The largest absolute Gasteiger partial charge is 0.461 e. The summed E-state index contributed by atoms with van der Waals surface area (Å²) in [6.45, 7) is 8.74. The first-order valence-electron chi connectivity index (χ1n) is 12.1. The molecule has 1 aromatic rings. The predicted molar refractivity (Wildman–Crippen MR) is 132 cm³/mol. The first-order chi connectivity index (χ1) is 15.5. The van der Waals surface area contributed by atoms with Gasteiger partial charge in [-0.2, -0.15) is 0 Å². The third kappa shape index (κ3) is 6.90. The van der Waals surface area contributed by atoms with E-state index in [1.807, 2.05) is 6.07 Å². The zero-order valence-corrected chi connectivity index (χ0v) is 20.9. The molecule has 180 valence electrons. The van der Waals surface area contributed by atoms with Crippen LogP contribution >= 0.6 is 15.9 Å². The maximum absolute atomic E-state index is 12.8. The van der Waals surface area contributed by atoms with E-state index in [0.717, 1.165) is 55.8 Å². The standard InChI is InChI=1S/C24H39BrN4O3/c1-2-27-23(18-6-4-3-5-7-18)20-16-19(17-21(25)22(20)26)24(31)32-15-13-29-10-8-28(9-11-29)12-14-30/h16-18,23,27,30H,2-15,26H2,1H3. The Bertz CT molecular complexity index is 734. The Balaban J connectivity index is 1.61. The molecule has 7 nitrogen and oxygen atoms in total. The van der Waals surface area contributed by atoms with E-state index < -0.39 is 0 Å². The fourth-order valence-electron chi connectivity index (χ4n) is 4.96. The Morgan fingerprint density at radius 1 is 1.19 bits per heavy atom. The van der Waals surface area contributed by atoms with E-state index >= 15 is 0 Å². The summed E-state index contributed by atoms with van der Waals surface area (Å²) < 4.78 is 6.37. The molecule has 1 atom stereocenters. The van der Waals surface area contributed by atoms with Gasteiger partial charge < -0.3 is 20.9 Å². The second kappa shape index (κ2) is 12.9. The highest BCUT2D eigenvalue weighted by atomic mass is 79.9. The zero-order valence-electron chi connectivity index (χ0n) is 19.3. The Morgan fingerprint density at radius 3 is 2.47 bits per heavy atom. The second-order valence-electron chi connectivity index (χ2n) is 8.94. The number of nitrogens with two attached hydrogens (primary N) is 1. The number of aliphatic hydroxyl groups excluding tert-OH is 1. The van der Waals surface area contributed by atoms with Gasteiger partial charge in [0.25, 0.3) is 0 Å². The molecule has 0 spiro atoms. The number of ether oxygens (including phenoxy) is 1. The number of carbonyl (C=O) groups is 1. The highest BCUT2D eigenvalue weighted by molar-refractivity contribution is 9.10. The molecular formula is C24H39BrN4O3. The predicted octanol–water partition coefficient (Wildman–Crippen LogP) is 3.03. The second-order valence-corrected chi connectivity index (χ2v) is 9.79. The van der Waals surface area contributed by atoms with Crippen LogP contribution in [-0.4, -0.2) is 79.9 Å². The van der Waals surface area contributed by atoms with E-state index in [9.17, 15) is 4.79 Å². The van der Waals surface area contributed by atoms with Crippen molar-refractivity contribution >= 4 is 27.6 Å². The van der Waals surface area contributed by atoms with Gasteiger partial charge in [-0.1, -0.05) is 26.2 Å². The molecule has 3 rings (SSSR count). The number of hydrogen-bond donors (Lipinski definition) is 3. The molecular weight excluding hydrogens is 472 g/mol. The van der Waals surface area contributed by atoms with Gasteiger partial charge in [-0.3, -0.25) is 9.80 Å². The van der Waals surface area contributed by atoms with Crippen molar-refractivity contribution in [1.29, 1.82) is 0 Å². The molecule has 2 fully saturated rings. The van der Waals surface area contributed by atoms with Crippen LogP contribution in [0, 0.1) is 5.92 Å². The summed E-state index contributed by atoms with van der Waals surface area (Å²) >= 11 is 3.57. The number of halogens is 1. The van der Waals surface area contributed by atoms with E-state index in [4.69, 9.17) is 15.6 Å². The summed E-state index contributed by atoms with van der Waals surface area (Å²) in [4.78, 5) is 17.4. The molecule has 1 saturated heterocycles. The number of hydrogen-bond acceptors (Lipinski definition) is 7. The third-order valence-electron chi connectivity index (χ3n) is 6.80. The van der Waals surface area contributed by atoms with Gasteiger partial charge in [0.1, 0.15) is 6.61 Å². The Hall–Kier alpha value is -1.19. The number of aliphatic hydroxyl groups is 1. The monoisotopic (exact) mass is 510 g/mol. The van der Waals surface area contributed by atoms with Crippen LogP contribution in [0.15, 0.2) is 16.6 Å². The quantitative estimate of drug-likeness (QED) is 0.329. The number of anilines is 1. The molecule has 8 heteroatoms. The molecule has 4 N–H and O–H groups in total. The molecule has 1 heterocycles. The number of nitrogens with one attached hydrogen (secondary N) is 1. The summed E-state index contributed by atoms with van der Waals surface area (Å²) in [6, 6.07) is 3.86. The smallest absolute Gasteiger partial charge is 0.338 e. The Morgan fingerprint density at radius 2 is 1.84 bits per heavy atom. The van der Waals surface area contributed by atoms with Crippen molar-refractivity contribution in [2.24, 2.45) is 5.92 Å². The van der Waals surface area contributed by atoms with Crippen molar-refractivity contribution in [2.45, 2.75) is 45.1 Å². The van der Waals surface area contributed by atoms with Gasteiger partial charge in [0.15, 0.2) is 0 Å².